The number of hydrogen-bond acceptors (Lipinski definition) is 7. The Balaban J connectivity index is 1.53. The van der Waals surface area contributed by atoms with Crippen LogP contribution >= 0.6 is 0 Å². The normalized spacial score (nSPS) is 11.7. The molecule has 0 bridgehead atoms. The molecule has 0 amide bonds. The highest BCUT2D eigenvalue weighted by Gasteiger charge is 2.18. The number of esters is 1. The minimum Gasteiger partial charge on any atom is -0.479 e. The molecule has 3 aromatic rings. The molecular formula is C21H20N2O5. The lowest BCUT2D eigenvalue weighted by molar-refractivity contribution is -0.153. The number of benzene rings is 2. The molecular weight excluding hydrogens is 360 g/mol. The standard InChI is InChI=1S/C21H20N2O5/c1-13-4-6-17(7-5-13)20-22-19(28-23-20)12-26-21(25)15(3)27-18-10-8-16(9-11-18)14(2)24/h4-11,15H,12H2,1-3H3. The van der Waals surface area contributed by atoms with Gasteiger partial charge in [0.05, 0.1) is 0 Å². The molecule has 0 N–H and O–H groups in total. The Morgan fingerprint density at radius 2 is 1.75 bits per heavy atom. The predicted octanol–water partition coefficient (Wildman–Crippen LogP) is 3.76. The van der Waals surface area contributed by atoms with Crippen LogP contribution < -0.4 is 4.74 Å². The van der Waals surface area contributed by atoms with Crippen molar-refractivity contribution in [1.29, 1.82) is 0 Å². The van der Waals surface area contributed by atoms with Crippen LogP contribution in [-0.4, -0.2) is 28.0 Å². The third kappa shape index (κ3) is 4.82. The van der Waals surface area contributed by atoms with Gasteiger partial charge in [-0.05, 0) is 45.0 Å². The largest absolute Gasteiger partial charge is 0.479 e. The van der Waals surface area contributed by atoms with E-state index >= 15 is 0 Å². The SMILES string of the molecule is CC(=O)c1ccc(OC(C)C(=O)OCc2nc(-c3ccc(C)cc3)no2)cc1. The van der Waals surface area contributed by atoms with E-state index in [0.29, 0.717) is 17.1 Å². The van der Waals surface area contributed by atoms with Crippen molar-refractivity contribution in [1.82, 2.24) is 10.1 Å². The van der Waals surface area contributed by atoms with Crippen LogP contribution in [0.3, 0.4) is 0 Å². The molecule has 0 radical (unpaired) electrons. The molecule has 1 aromatic heterocycles. The summed E-state index contributed by atoms with van der Waals surface area (Å²) in [6, 6.07) is 14.2. The summed E-state index contributed by atoms with van der Waals surface area (Å²) >= 11 is 0. The maximum absolute atomic E-state index is 12.1. The van der Waals surface area contributed by atoms with Crippen molar-refractivity contribution < 1.29 is 23.6 Å². The number of aromatic nitrogens is 2. The first kappa shape index (κ1) is 19.3. The molecule has 0 saturated carbocycles. The van der Waals surface area contributed by atoms with E-state index in [1.54, 1.807) is 31.2 Å². The summed E-state index contributed by atoms with van der Waals surface area (Å²) in [5.41, 5.74) is 2.52. The van der Waals surface area contributed by atoms with Gasteiger partial charge >= 0.3 is 5.97 Å². The van der Waals surface area contributed by atoms with Crippen LogP contribution in [-0.2, 0) is 16.1 Å². The number of hydrogen-bond donors (Lipinski definition) is 0. The monoisotopic (exact) mass is 380 g/mol. The van der Waals surface area contributed by atoms with Crippen LogP contribution in [0.15, 0.2) is 53.1 Å². The molecule has 0 saturated heterocycles. The van der Waals surface area contributed by atoms with Gasteiger partial charge in [-0.25, -0.2) is 4.79 Å². The first-order valence-electron chi connectivity index (χ1n) is 8.76. The van der Waals surface area contributed by atoms with Crippen LogP contribution in [0.5, 0.6) is 5.75 Å². The number of aryl methyl sites for hydroxylation is 1. The first-order chi connectivity index (χ1) is 13.4. The van der Waals surface area contributed by atoms with E-state index in [1.807, 2.05) is 31.2 Å². The number of ketones is 1. The van der Waals surface area contributed by atoms with Crippen LogP contribution in [0, 0.1) is 6.92 Å². The summed E-state index contributed by atoms with van der Waals surface area (Å²) in [5.74, 6) is 0.492. The fourth-order valence-electron chi connectivity index (χ4n) is 2.40. The zero-order valence-electron chi connectivity index (χ0n) is 15.8. The Bertz CT molecular complexity index is 961. The highest BCUT2D eigenvalue weighted by atomic mass is 16.6. The van der Waals surface area contributed by atoms with E-state index in [2.05, 4.69) is 10.1 Å². The molecule has 1 atom stereocenters. The van der Waals surface area contributed by atoms with Gasteiger partial charge in [-0.15, -0.1) is 0 Å². The van der Waals surface area contributed by atoms with E-state index < -0.39 is 12.1 Å². The van der Waals surface area contributed by atoms with Gasteiger partial charge in [0.1, 0.15) is 5.75 Å². The van der Waals surface area contributed by atoms with Gasteiger partial charge in [-0.2, -0.15) is 4.98 Å². The quantitative estimate of drug-likeness (QED) is 0.455. The van der Waals surface area contributed by atoms with E-state index in [4.69, 9.17) is 14.0 Å². The van der Waals surface area contributed by atoms with E-state index in [0.717, 1.165) is 11.1 Å². The lowest BCUT2D eigenvalue weighted by atomic mass is 10.1. The van der Waals surface area contributed by atoms with Gasteiger partial charge in [0.25, 0.3) is 5.89 Å². The summed E-state index contributed by atoms with van der Waals surface area (Å²) in [6.07, 6.45) is -0.831. The zero-order valence-corrected chi connectivity index (χ0v) is 15.8. The number of carbonyl (C=O) groups excluding carboxylic acids is 2. The topological polar surface area (TPSA) is 91.5 Å². The number of rotatable bonds is 7. The maximum atomic E-state index is 12.1. The first-order valence-corrected chi connectivity index (χ1v) is 8.76. The molecule has 0 fully saturated rings. The third-order valence-electron chi connectivity index (χ3n) is 4.02. The Morgan fingerprint density at radius 3 is 2.39 bits per heavy atom. The van der Waals surface area contributed by atoms with Gasteiger partial charge in [0.2, 0.25) is 5.82 Å². The maximum Gasteiger partial charge on any atom is 0.347 e. The second-order valence-corrected chi connectivity index (χ2v) is 6.33. The second kappa shape index (κ2) is 8.47. The van der Waals surface area contributed by atoms with E-state index in [9.17, 15) is 9.59 Å². The number of Topliss-reactive ketones (excluding diaryl/α,β-unsaturated/α-hetero) is 1. The fraction of sp³-hybridized carbons (Fsp3) is 0.238. The van der Waals surface area contributed by atoms with Crippen LogP contribution in [0.2, 0.25) is 0 Å². The Labute approximate surface area is 162 Å². The van der Waals surface area contributed by atoms with Crippen molar-refractivity contribution in [3.63, 3.8) is 0 Å². The van der Waals surface area contributed by atoms with Crippen molar-refractivity contribution >= 4 is 11.8 Å². The summed E-state index contributed by atoms with van der Waals surface area (Å²) in [4.78, 5) is 27.6. The Kier molecular flexibility index (Phi) is 5.84. The molecule has 0 spiro atoms. The smallest absolute Gasteiger partial charge is 0.347 e. The zero-order chi connectivity index (χ0) is 20.1. The van der Waals surface area contributed by atoms with E-state index in [-0.39, 0.29) is 18.3 Å². The molecule has 1 heterocycles. The summed E-state index contributed by atoms with van der Waals surface area (Å²) in [7, 11) is 0. The molecule has 2 aromatic carbocycles. The number of ether oxygens (including phenoxy) is 2. The van der Waals surface area contributed by atoms with Crippen molar-refractivity contribution in [3.8, 4) is 17.1 Å². The van der Waals surface area contributed by atoms with Crippen molar-refractivity contribution in [2.75, 3.05) is 0 Å². The lowest BCUT2D eigenvalue weighted by Crippen LogP contribution is -2.26. The lowest BCUT2D eigenvalue weighted by Gasteiger charge is -2.13. The number of carbonyl (C=O) groups is 2. The molecule has 7 heteroatoms. The van der Waals surface area contributed by atoms with E-state index in [1.165, 1.54) is 6.92 Å². The molecule has 0 aliphatic rings. The molecule has 0 aliphatic heterocycles. The highest BCUT2D eigenvalue weighted by molar-refractivity contribution is 5.94. The summed E-state index contributed by atoms with van der Waals surface area (Å²) in [6.45, 7) is 4.91. The molecule has 1 unspecified atom stereocenters. The second-order valence-electron chi connectivity index (χ2n) is 6.33. The Hall–Kier alpha value is -3.48. The van der Waals surface area contributed by atoms with Crippen molar-refractivity contribution in [2.24, 2.45) is 0 Å². The van der Waals surface area contributed by atoms with Crippen molar-refractivity contribution in [3.05, 3.63) is 65.5 Å². The highest BCUT2D eigenvalue weighted by Crippen LogP contribution is 2.17. The average molecular weight is 380 g/mol. The molecule has 144 valence electrons. The molecule has 28 heavy (non-hydrogen) atoms. The average Bonchev–Trinajstić information content (AvgIpc) is 3.16. The van der Waals surface area contributed by atoms with Crippen LogP contribution in [0.1, 0.15) is 35.7 Å². The van der Waals surface area contributed by atoms with Crippen molar-refractivity contribution in [2.45, 2.75) is 33.5 Å². The molecule has 7 nitrogen and oxygen atoms in total. The third-order valence-corrected chi connectivity index (χ3v) is 4.02. The molecule has 3 rings (SSSR count). The van der Waals surface area contributed by atoms with Gasteiger partial charge in [-0.3, -0.25) is 4.79 Å². The van der Waals surface area contributed by atoms with Gasteiger partial charge in [-0.1, -0.05) is 35.0 Å². The fourth-order valence-corrected chi connectivity index (χ4v) is 2.40. The van der Waals surface area contributed by atoms with Crippen LogP contribution in [0.4, 0.5) is 0 Å². The van der Waals surface area contributed by atoms with Gasteiger partial charge in [0.15, 0.2) is 18.5 Å². The predicted molar refractivity (Wildman–Crippen MR) is 101 cm³/mol. The van der Waals surface area contributed by atoms with Crippen LogP contribution in [0.25, 0.3) is 11.4 Å². The molecule has 0 aliphatic carbocycles. The summed E-state index contributed by atoms with van der Waals surface area (Å²) in [5, 5.41) is 3.89. The van der Waals surface area contributed by atoms with Gasteiger partial charge in [0, 0.05) is 11.1 Å². The summed E-state index contributed by atoms with van der Waals surface area (Å²) < 4.78 is 15.8. The number of nitrogens with zero attached hydrogens (tertiary/aromatic N) is 2. The Morgan fingerprint density at radius 1 is 1.07 bits per heavy atom. The van der Waals surface area contributed by atoms with Gasteiger partial charge < -0.3 is 14.0 Å². The minimum atomic E-state index is -0.831. The minimum absolute atomic E-state index is 0.0384.